The molecule has 0 bridgehead atoms. The van der Waals surface area contributed by atoms with Crippen molar-refractivity contribution < 1.29 is 9.90 Å². The third-order valence-corrected chi connectivity index (χ3v) is 2.92. The molecule has 80 valence electrons. The number of aryl methyl sites for hydroxylation is 1. The zero-order chi connectivity index (χ0) is 11.0. The number of rotatable bonds is 1. The van der Waals surface area contributed by atoms with Gasteiger partial charge in [-0.15, -0.1) is 0 Å². The molecule has 0 amide bonds. The fraction of sp³-hybridized carbons (Fsp3) is 0.455. The van der Waals surface area contributed by atoms with E-state index in [4.69, 9.17) is 5.11 Å². The summed E-state index contributed by atoms with van der Waals surface area (Å²) >= 11 is 0. The van der Waals surface area contributed by atoms with Gasteiger partial charge in [0.1, 0.15) is 0 Å². The molecule has 0 spiro atoms. The third-order valence-electron chi connectivity index (χ3n) is 2.92. The molecule has 1 N–H and O–H groups in total. The smallest absolute Gasteiger partial charge is 0.337 e. The highest BCUT2D eigenvalue weighted by atomic mass is 16.4. The number of likely N-dealkylation sites (N-methyl/N-ethyl adjacent to an activating group) is 1. The molecule has 1 aromatic rings. The van der Waals surface area contributed by atoms with Gasteiger partial charge in [0, 0.05) is 25.0 Å². The average Bonchev–Trinajstić information content (AvgIpc) is 2.17. The number of hydrogen-bond donors (Lipinski definition) is 1. The van der Waals surface area contributed by atoms with Crippen LogP contribution in [0.2, 0.25) is 0 Å². The summed E-state index contributed by atoms with van der Waals surface area (Å²) in [6, 6.07) is 0. The zero-order valence-corrected chi connectivity index (χ0v) is 8.95. The second-order valence-electron chi connectivity index (χ2n) is 4.01. The van der Waals surface area contributed by atoms with Crippen molar-refractivity contribution in [2.75, 3.05) is 13.6 Å². The molecule has 2 heterocycles. The quantitative estimate of drug-likeness (QED) is 0.747. The van der Waals surface area contributed by atoms with E-state index < -0.39 is 5.97 Å². The van der Waals surface area contributed by atoms with E-state index >= 15 is 0 Å². The van der Waals surface area contributed by atoms with Crippen molar-refractivity contribution in [1.29, 1.82) is 0 Å². The van der Waals surface area contributed by atoms with Gasteiger partial charge in [0.25, 0.3) is 0 Å². The molecule has 0 aromatic carbocycles. The Bertz CT molecular complexity index is 415. The number of carboxylic acids is 1. The Balaban J connectivity index is 2.56. The molecular formula is C11H14N2O2. The van der Waals surface area contributed by atoms with Crippen LogP contribution in [0.5, 0.6) is 0 Å². The molecule has 0 unspecified atom stereocenters. The minimum atomic E-state index is -0.881. The number of fused-ring (bicyclic) bond motifs is 1. The van der Waals surface area contributed by atoms with E-state index in [9.17, 15) is 4.79 Å². The number of aromatic nitrogens is 1. The number of carbonyl (C=O) groups is 1. The largest absolute Gasteiger partial charge is 0.478 e. The van der Waals surface area contributed by atoms with Gasteiger partial charge in [0.15, 0.2) is 0 Å². The Morgan fingerprint density at radius 2 is 2.27 bits per heavy atom. The predicted octanol–water partition coefficient (Wildman–Crippen LogP) is 1.08. The van der Waals surface area contributed by atoms with Crippen molar-refractivity contribution in [2.45, 2.75) is 19.9 Å². The number of hydrogen-bond acceptors (Lipinski definition) is 3. The van der Waals surface area contributed by atoms with Crippen LogP contribution in [0.1, 0.15) is 27.2 Å². The summed E-state index contributed by atoms with van der Waals surface area (Å²) in [6.45, 7) is 3.62. The number of carboxylic acid groups (broad SMARTS) is 1. The van der Waals surface area contributed by atoms with Crippen LogP contribution in [-0.2, 0) is 13.0 Å². The van der Waals surface area contributed by atoms with Gasteiger partial charge in [0.2, 0.25) is 0 Å². The number of aromatic carboxylic acids is 1. The fourth-order valence-corrected chi connectivity index (χ4v) is 2.05. The van der Waals surface area contributed by atoms with E-state index in [1.165, 1.54) is 6.20 Å². The monoisotopic (exact) mass is 206 g/mol. The average molecular weight is 206 g/mol. The van der Waals surface area contributed by atoms with Crippen LogP contribution in [0, 0.1) is 6.92 Å². The lowest BCUT2D eigenvalue weighted by Crippen LogP contribution is -2.29. The summed E-state index contributed by atoms with van der Waals surface area (Å²) in [5.41, 5.74) is 3.36. The zero-order valence-electron chi connectivity index (χ0n) is 8.95. The van der Waals surface area contributed by atoms with Crippen LogP contribution in [-0.4, -0.2) is 34.6 Å². The van der Waals surface area contributed by atoms with Gasteiger partial charge in [-0.1, -0.05) is 0 Å². The minimum Gasteiger partial charge on any atom is -0.478 e. The van der Waals surface area contributed by atoms with Crippen LogP contribution in [0.3, 0.4) is 0 Å². The molecule has 15 heavy (non-hydrogen) atoms. The molecule has 0 saturated carbocycles. The van der Waals surface area contributed by atoms with E-state index in [0.717, 1.165) is 29.8 Å². The predicted molar refractivity (Wildman–Crippen MR) is 56.0 cm³/mol. The number of pyridine rings is 1. The number of nitrogens with zero attached hydrogens (tertiary/aromatic N) is 2. The van der Waals surface area contributed by atoms with Crippen LogP contribution in [0.15, 0.2) is 6.20 Å². The highest BCUT2D eigenvalue weighted by Crippen LogP contribution is 2.23. The molecule has 1 aliphatic heterocycles. The van der Waals surface area contributed by atoms with E-state index in [1.807, 2.05) is 14.0 Å². The van der Waals surface area contributed by atoms with E-state index in [1.54, 1.807) is 0 Å². The van der Waals surface area contributed by atoms with Gasteiger partial charge >= 0.3 is 5.97 Å². The van der Waals surface area contributed by atoms with Gasteiger partial charge in [-0.3, -0.25) is 4.98 Å². The van der Waals surface area contributed by atoms with Crippen LogP contribution in [0.4, 0.5) is 0 Å². The van der Waals surface area contributed by atoms with Crippen molar-refractivity contribution >= 4 is 5.97 Å². The van der Waals surface area contributed by atoms with Crippen molar-refractivity contribution in [1.82, 2.24) is 9.88 Å². The molecule has 4 nitrogen and oxygen atoms in total. The lowest BCUT2D eigenvalue weighted by molar-refractivity contribution is 0.0693. The lowest BCUT2D eigenvalue weighted by Gasteiger charge is -2.26. The van der Waals surface area contributed by atoms with Gasteiger partial charge in [-0.2, -0.15) is 0 Å². The summed E-state index contributed by atoms with van der Waals surface area (Å²) in [4.78, 5) is 17.3. The highest BCUT2D eigenvalue weighted by molar-refractivity contribution is 5.89. The minimum absolute atomic E-state index is 0.349. The molecule has 4 heteroatoms. The molecule has 2 rings (SSSR count). The molecule has 0 saturated heterocycles. The molecule has 1 aliphatic rings. The Morgan fingerprint density at radius 1 is 1.53 bits per heavy atom. The van der Waals surface area contributed by atoms with Crippen molar-refractivity contribution in [3.8, 4) is 0 Å². The molecule has 1 aromatic heterocycles. The Labute approximate surface area is 88.6 Å². The maximum absolute atomic E-state index is 11.0. The Kier molecular flexibility index (Phi) is 2.44. The third kappa shape index (κ3) is 1.72. The first-order chi connectivity index (χ1) is 7.09. The van der Waals surface area contributed by atoms with Crippen LogP contribution in [0.25, 0.3) is 0 Å². The van der Waals surface area contributed by atoms with Gasteiger partial charge in [-0.05, 0) is 31.5 Å². The van der Waals surface area contributed by atoms with Crippen molar-refractivity contribution in [2.24, 2.45) is 0 Å². The van der Waals surface area contributed by atoms with Crippen LogP contribution >= 0.6 is 0 Å². The second-order valence-corrected chi connectivity index (χ2v) is 4.01. The van der Waals surface area contributed by atoms with Crippen LogP contribution < -0.4 is 0 Å². The molecule has 0 fully saturated rings. The fourth-order valence-electron chi connectivity index (χ4n) is 2.05. The van der Waals surface area contributed by atoms with Gasteiger partial charge in [0.05, 0.1) is 5.56 Å². The van der Waals surface area contributed by atoms with E-state index in [-0.39, 0.29) is 0 Å². The maximum atomic E-state index is 11.0. The maximum Gasteiger partial charge on any atom is 0.337 e. The van der Waals surface area contributed by atoms with Crippen molar-refractivity contribution in [3.05, 3.63) is 28.6 Å². The van der Waals surface area contributed by atoms with E-state index in [2.05, 4.69) is 9.88 Å². The summed E-state index contributed by atoms with van der Waals surface area (Å²) in [6.07, 6.45) is 2.36. The SMILES string of the molecule is Cc1ncc(C(=O)O)c2c1CCN(C)C2. The topological polar surface area (TPSA) is 53.4 Å². The Hall–Kier alpha value is -1.42. The highest BCUT2D eigenvalue weighted by Gasteiger charge is 2.21. The van der Waals surface area contributed by atoms with Crippen molar-refractivity contribution in [3.63, 3.8) is 0 Å². The summed E-state index contributed by atoms with van der Waals surface area (Å²) < 4.78 is 0. The first-order valence-corrected chi connectivity index (χ1v) is 4.98. The molecule has 0 atom stereocenters. The molecule has 0 aliphatic carbocycles. The normalized spacial score (nSPS) is 16.1. The first-order valence-electron chi connectivity index (χ1n) is 4.98. The standard InChI is InChI=1S/C11H14N2O2/c1-7-8-3-4-13(2)6-10(8)9(5-12-7)11(14)15/h5H,3-4,6H2,1-2H3,(H,14,15). The summed E-state index contributed by atoms with van der Waals surface area (Å²) in [5, 5.41) is 9.06. The summed E-state index contributed by atoms with van der Waals surface area (Å²) in [5.74, 6) is -0.881. The van der Waals surface area contributed by atoms with E-state index in [0.29, 0.717) is 12.1 Å². The van der Waals surface area contributed by atoms with Gasteiger partial charge in [-0.25, -0.2) is 4.79 Å². The van der Waals surface area contributed by atoms with Gasteiger partial charge < -0.3 is 10.0 Å². The lowest BCUT2D eigenvalue weighted by atomic mass is 9.95. The Morgan fingerprint density at radius 3 is 2.93 bits per heavy atom. The second kappa shape index (κ2) is 3.62. The molecular weight excluding hydrogens is 192 g/mol. The molecule has 0 radical (unpaired) electrons. The first kappa shape index (κ1) is 10.1. The summed E-state index contributed by atoms with van der Waals surface area (Å²) in [7, 11) is 2.00.